The Morgan fingerprint density at radius 1 is 1.27 bits per heavy atom. The molecule has 9 heteroatoms. The van der Waals surface area contributed by atoms with Crippen molar-refractivity contribution in [3.63, 3.8) is 0 Å². The van der Waals surface area contributed by atoms with Crippen molar-refractivity contribution in [2.45, 2.75) is 45.1 Å². The van der Waals surface area contributed by atoms with E-state index in [0.29, 0.717) is 29.9 Å². The van der Waals surface area contributed by atoms with E-state index in [2.05, 4.69) is 15.2 Å². The minimum absolute atomic E-state index is 0.143. The van der Waals surface area contributed by atoms with Crippen molar-refractivity contribution in [2.75, 3.05) is 35.6 Å². The lowest BCUT2D eigenvalue weighted by molar-refractivity contribution is -0.384. The van der Waals surface area contributed by atoms with Crippen molar-refractivity contribution in [1.82, 2.24) is 0 Å². The number of anilines is 3. The molecule has 1 amide bonds. The van der Waals surface area contributed by atoms with Crippen LogP contribution in [-0.2, 0) is 0 Å². The summed E-state index contributed by atoms with van der Waals surface area (Å²) in [4.78, 5) is 30.1. The van der Waals surface area contributed by atoms with Crippen LogP contribution in [0.25, 0.3) is 0 Å². The van der Waals surface area contributed by atoms with Gasteiger partial charge in [-0.3, -0.25) is 19.9 Å². The molecule has 0 unspecified atom stereocenters. The number of rotatable bonds is 8. The van der Waals surface area contributed by atoms with Crippen LogP contribution in [0.4, 0.5) is 22.7 Å². The normalized spacial score (nSPS) is 14.5. The van der Waals surface area contributed by atoms with Gasteiger partial charge in [0.15, 0.2) is 0 Å². The number of aliphatic imine (C=N–C) groups is 1. The number of aliphatic hydroxyl groups is 1. The number of hydrogen-bond acceptors (Lipinski definition) is 7. The van der Waals surface area contributed by atoms with E-state index < -0.39 is 16.4 Å². The number of nitro benzene ring substituents is 1. The molecule has 176 valence electrons. The Labute approximate surface area is 193 Å². The fourth-order valence-electron chi connectivity index (χ4n) is 3.69. The number of hydrogen-bond donors (Lipinski definition) is 3. The maximum atomic E-state index is 12.9. The van der Waals surface area contributed by atoms with Gasteiger partial charge in [0.25, 0.3) is 11.6 Å². The zero-order chi connectivity index (χ0) is 24.0. The molecule has 0 spiro atoms. The zero-order valence-corrected chi connectivity index (χ0v) is 19.1. The molecule has 33 heavy (non-hydrogen) atoms. The number of nitro groups is 1. The molecule has 0 radical (unpaired) electrons. The number of piperidine rings is 1. The van der Waals surface area contributed by atoms with E-state index in [0.717, 1.165) is 38.0 Å². The third-order valence-electron chi connectivity index (χ3n) is 5.55. The third kappa shape index (κ3) is 6.76. The molecule has 1 heterocycles. The molecule has 1 aliphatic rings. The number of non-ortho nitro benzene ring substituents is 1. The zero-order valence-electron chi connectivity index (χ0n) is 19.1. The first-order valence-electron chi connectivity index (χ1n) is 11.1. The topological polar surface area (TPSA) is 134 Å². The van der Waals surface area contributed by atoms with Gasteiger partial charge in [-0.1, -0.05) is 6.07 Å². The monoisotopic (exact) mass is 453 g/mol. The summed E-state index contributed by atoms with van der Waals surface area (Å²) in [6.45, 7) is 5.61. The van der Waals surface area contributed by atoms with Gasteiger partial charge in [-0.25, -0.2) is 0 Å². The van der Waals surface area contributed by atoms with Gasteiger partial charge in [-0.2, -0.15) is 0 Å². The number of benzene rings is 2. The molecule has 0 atom stereocenters. The summed E-state index contributed by atoms with van der Waals surface area (Å²) < 4.78 is 0. The van der Waals surface area contributed by atoms with Crippen LogP contribution in [0.1, 0.15) is 55.5 Å². The van der Waals surface area contributed by atoms with E-state index in [9.17, 15) is 20.0 Å². The number of amides is 1. The fourth-order valence-corrected chi connectivity index (χ4v) is 3.69. The highest BCUT2D eigenvalue weighted by atomic mass is 16.6. The van der Waals surface area contributed by atoms with Gasteiger partial charge >= 0.3 is 0 Å². The summed E-state index contributed by atoms with van der Waals surface area (Å²) in [5.74, 6) is -0.438. The van der Waals surface area contributed by atoms with E-state index in [1.165, 1.54) is 18.2 Å². The molecular formula is C24H31N5O4. The molecular weight excluding hydrogens is 422 g/mol. The standard InChI is InChI=1S/C24H31N5O4/c1-24(2,31)9-10-26-16-18-14-21(22(15-20(18)25)28-11-4-3-5-12-28)27-23(30)17-7-6-8-19(13-17)29(32)33/h6-8,13-16,31H,3-5,9-12,25H2,1-2H3,(H,27,30). The van der Waals surface area contributed by atoms with Crippen molar-refractivity contribution in [3.05, 3.63) is 57.6 Å². The number of carbonyl (C=O) groups is 1. The van der Waals surface area contributed by atoms with Crippen LogP contribution in [0.2, 0.25) is 0 Å². The molecule has 0 saturated carbocycles. The molecule has 1 saturated heterocycles. The predicted molar refractivity (Wildman–Crippen MR) is 131 cm³/mol. The molecule has 0 aliphatic carbocycles. The maximum Gasteiger partial charge on any atom is 0.270 e. The summed E-state index contributed by atoms with van der Waals surface area (Å²) >= 11 is 0. The second-order valence-electron chi connectivity index (χ2n) is 8.91. The highest BCUT2D eigenvalue weighted by Gasteiger charge is 2.19. The van der Waals surface area contributed by atoms with Crippen molar-refractivity contribution in [3.8, 4) is 0 Å². The molecule has 2 aromatic rings. The Kier molecular flexibility index (Phi) is 7.65. The number of nitrogen functional groups attached to an aromatic ring is 1. The smallest absolute Gasteiger partial charge is 0.270 e. The van der Waals surface area contributed by atoms with Gasteiger partial charge in [0, 0.05) is 54.8 Å². The number of carbonyl (C=O) groups excluding carboxylic acids is 1. The first-order chi connectivity index (χ1) is 15.6. The molecule has 4 N–H and O–H groups in total. The number of nitrogens with zero attached hydrogens (tertiary/aromatic N) is 3. The van der Waals surface area contributed by atoms with Crippen LogP contribution < -0.4 is 16.0 Å². The first kappa shape index (κ1) is 24.2. The summed E-state index contributed by atoms with van der Waals surface area (Å²) in [5.41, 5.74) is 8.14. The molecule has 1 aliphatic heterocycles. The minimum atomic E-state index is -0.807. The Balaban J connectivity index is 1.90. The maximum absolute atomic E-state index is 12.9. The van der Waals surface area contributed by atoms with Crippen molar-refractivity contribution in [1.29, 1.82) is 0 Å². The fraction of sp³-hybridized carbons (Fsp3) is 0.417. The third-order valence-corrected chi connectivity index (χ3v) is 5.55. The van der Waals surface area contributed by atoms with Crippen LogP contribution in [-0.4, -0.2) is 47.4 Å². The second kappa shape index (κ2) is 10.4. The molecule has 1 fully saturated rings. The number of nitrogens with one attached hydrogen (secondary N) is 1. The van der Waals surface area contributed by atoms with Gasteiger partial charge in [0.2, 0.25) is 0 Å². The molecule has 0 aromatic heterocycles. The van der Waals surface area contributed by atoms with E-state index in [1.54, 1.807) is 32.2 Å². The second-order valence-corrected chi connectivity index (χ2v) is 8.91. The Hall–Kier alpha value is -3.46. The Morgan fingerprint density at radius 2 is 2.00 bits per heavy atom. The Morgan fingerprint density at radius 3 is 2.67 bits per heavy atom. The lowest BCUT2D eigenvalue weighted by atomic mass is 10.1. The predicted octanol–water partition coefficient (Wildman–Crippen LogP) is 4.00. The molecule has 0 bridgehead atoms. The molecule has 3 rings (SSSR count). The van der Waals surface area contributed by atoms with Crippen LogP contribution in [0, 0.1) is 10.1 Å². The summed E-state index contributed by atoms with van der Waals surface area (Å²) in [6, 6.07) is 9.25. The van der Waals surface area contributed by atoms with Gasteiger partial charge in [0.1, 0.15) is 0 Å². The summed E-state index contributed by atoms with van der Waals surface area (Å²) in [7, 11) is 0. The Bertz CT molecular complexity index is 1040. The average molecular weight is 454 g/mol. The van der Waals surface area contributed by atoms with E-state index in [4.69, 9.17) is 5.73 Å². The largest absolute Gasteiger partial charge is 0.398 e. The van der Waals surface area contributed by atoms with Gasteiger partial charge < -0.3 is 21.1 Å². The lowest BCUT2D eigenvalue weighted by Gasteiger charge is -2.31. The highest BCUT2D eigenvalue weighted by Crippen LogP contribution is 2.33. The summed E-state index contributed by atoms with van der Waals surface area (Å²) in [6.07, 6.45) is 5.42. The SMILES string of the molecule is CC(C)(O)CCN=Cc1cc(NC(=O)c2cccc([N+](=O)[O-])c2)c(N2CCCCC2)cc1N. The van der Waals surface area contributed by atoms with Gasteiger partial charge in [0.05, 0.1) is 21.9 Å². The van der Waals surface area contributed by atoms with Crippen LogP contribution >= 0.6 is 0 Å². The van der Waals surface area contributed by atoms with Crippen LogP contribution in [0.5, 0.6) is 0 Å². The van der Waals surface area contributed by atoms with E-state index >= 15 is 0 Å². The van der Waals surface area contributed by atoms with Crippen molar-refractivity contribution >= 4 is 34.9 Å². The van der Waals surface area contributed by atoms with E-state index in [-0.39, 0.29) is 11.3 Å². The molecule has 2 aromatic carbocycles. The number of nitrogens with two attached hydrogens (primary N) is 1. The molecule has 9 nitrogen and oxygen atoms in total. The van der Waals surface area contributed by atoms with Crippen LogP contribution in [0.3, 0.4) is 0 Å². The van der Waals surface area contributed by atoms with Crippen LogP contribution in [0.15, 0.2) is 41.4 Å². The summed E-state index contributed by atoms with van der Waals surface area (Å²) in [5, 5.41) is 23.9. The highest BCUT2D eigenvalue weighted by molar-refractivity contribution is 6.07. The average Bonchev–Trinajstić information content (AvgIpc) is 2.78. The van der Waals surface area contributed by atoms with Crippen molar-refractivity contribution in [2.24, 2.45) is 4.99 Å². The minimum Gasteiger partial charge on any atom is -0.398 e. The quantitative estimate of drug-likeness (QED) is 0.239. The first-order valence-corrected chi connectivity index (χ1v) is 11.1. The van der Waals surface area contributed by atoms with Gasteiger partial charge in [-0.15, -0.1) is 0 Å². The van der Waals surface area contributed by atoms with E-state index in [1.807, 2.05) is 6.07 Å². The lowest BCUT2D eigenvalue weighted by Crippen LogP contribution is -2.30. The van der Waals surface area contributed by atoms with Crippen molar-refractivity contribution < 1.29 is 14.8 Å². The van der Waals surface area contributed by atoms with Gasteiger partial charge in [-0.05, 0) is 57.7 Å².